The number of hydrogen-bond donors (Lipinski definition) is 0. The second-order valence-corrected chi connectivity index (χ2v) is 6.58. The molecule has 0 radical (unpaired) electrons. The molecule has 0 saturated heterocycles. The molecule has 0 spiro atoms. The van der Waals surface area contributed by atoms with Gasteiger partial charge in [-0.3, -0.25) is 4.57 Å². The van der Waals surface area contributed by atoms with Gasteiger partial charge in [-0.25, -0.2) is 14.0 Å². The zero-order valence-electron chi connectivity index (χ0n) is 9.69. The van der Waals surface area contributed by atoms with Crippen molar-refractivity contribution in [1.82, 2.24) is 14.0 Å². The molecule has 0 fully saturated rings. The van der Waals surface area contributed by atoms with Crippen molar-refractivity contribution in [2.24, 2.45) is 0 Å². The van der Waals surface area contributed by atoms with Gasteiger partial charge in [0.05, 0.1) is 6.54 Å². The Morgan fingerprint density at radius 1 is 1.21 bits per heavy atom. The minimum Gasteiger partial charge on any atom is -0.270 e. The van der Waals surface area contributed by atoms with Crippen molar-refractivity contribution in [1.29, 1.82) is 0 Å². The molecule has 0 bridgehead atoms. The summed E-state index contributed by atoms with van der Waals surface area (Å²) in [6.07, 6.45) is 5.25. The summed E-state index contributed by atoms with van der Waals surface area (Å²) in [6.45, 7) is 3.04. The molecule has 0 rings (SSSR count). The fourth-order valence-electron chi connectivity index (χ4n) is 1.36. The molecule has 0 amide bonds. The molecule has 0 aliphatic heterocycles. The van der Waals surface area contributed by atoms with Crippen LogP contribution in [0.4, 0.5) is 0 Å². The third-order valence-corrected chi connectivity index (χ3v) is 5.29. The van der Waals surface area contributed by atoms with Crippen molar-refractivity contribution in [3.8, 4) is 12.3 Å². The first-order chi connectivity index (χ1) is 6.41. The lowest BCUT2D eigenvalue weighted by molar-refractivity contribution is 0.353. The molecule has 0 aromatic rings. The van der Waals surface area contributed by atoms with Crippen LogP contribution in [0.1, 0.15) is 6.92 Å². The number of rotatable bonds is 5. The molecule has 0 heterocycles. The summed E-state index contributed by atoms with van der Waals surface area (Å²) in [5.74, 6) is 2.53. The molecule has 0 aliphatic carbocycles. The maximum atomic E-state index is 12.6. The minimum atomic E-state index is -2.63. The van der Waals surface area contributed by atoms with Crippen molar-refractivity contribution in [3.63, 3.8) is 0 Å². The van der Waals surface area contributed by atoms with E-state index in [4.69, 9.17) is 6.42 Å². The fraction of sp³-hybridized carbons (Fsp3) is 0.778. The van der Waals surface area contributed by atoms with Crippen LogP contribution >= 0.6 is 7.59 Å². The summed E-state index contributed by atoms with van der Waals surface area (Å²) in [6, 6.07) is 0. The van der Waals surface area contributed by atoms with Crippen LogP contribution in [-0.2, 0) is 4.57 Å². The van der Waals surface area contributed by atoms with Gasteiger partial charge in [-0.1, -0.05) is 12.8 Å². The van der Waals surface area contributed by atoms with Gasteiger partial charge in [-0.2, -0.15) is 0 Å². The molecular weight excluding hydrogens is 197 g/mol. The molecule has 5 heteroatoms. The van der Waals surface area contributed by atoms with E-state index in [0.717, 1.165) is 0 Å². The van der Waals surface area contributed by atoms with Crippen LogP contribution in [0.3, 0.4) is 0 Å². The van der Waals surface area contributed by atoms with E-state index >= 15 is 0 Å². The SMILES string of the molecule is C#CCN(CC)P(=O)(N(C)C)N(C)C. The largest absolute Gasteiger partial charge is 0.286 e. The van der Waals surface area contributed by atoms with Crippen molar-refractivity contribution in [2.75, 3.05) is 41.3 Å². The molecule has 0 aromatic heterocycles. The third-order valence-electron chi connectivity index (χ3n) is 2.05. The normalized spacial score (nSPS) is 12.5. The van der Waals surface area contributed by atoms with E-state index in [9.17, 15) is 4.57 Å². The molecule has 4 nitrogen and oxygen atoms in total. The molecule has 0 unspecified atom stereocenters. The lowest BCUT2D eigenvalue weighted by Crippen LogP contribution is -2.35. The topological polar surface area (TPSA) is 26.8 Å². The minimum absolute atomic E-state index is 0.407. The lowest BCUT2D eigenvalue weighted by Gasteiger charge is -2.37. The Balaban J connectivity index is 4.99. The number of nitrogens with zero attached hydrogens (tertiary/aromatic N) is 3. The number of terminal acetylenes is 1. The van der Waals surface area contributed by atoms with Gasteiger partial charge in [0.1, 0.15) is 0 Å². The predicted molar refractivity (Wildman–Crippen MR) is 61.1 cm³/mol. The Morgan fingerprint density at radius 2 is 1.64 bits per heavy atom. The molecule has 0 aromatic carbocycles. The Kier molecular flexibility index (Phi) is 5.40. The van der Waals surface area contributed by atoms with Gasteiger partial charge in [0, 0.05) is 6.54 Å². The van der Waals surface area contributed by atoms with Crippen molar-refractivity contribution >= 4 is 7.59 Å². The quantitative estimate of drug-likeness (QED) is 0.510. The molecule has 82 valence electrons. The average Bonchev–Trinajstić information content (AvgIpc) is 2.12. The predicted octanol–water partition coefficient (Wildman–Crippen LogP) is 1.17. The highest BCUT2D eigenvalue weighted by molar-refractivity contribution is 7.56. The van der Waals surface area contributed by atoms with Crippen molar-refractivity contribution in [3.05, 3.63) is 0 Å². The van der Waals surface area contributed by atoms with E-state index in [0.29, 0.717) is 13.1 Å². The smallest absolute Gasteiger partial charge is 0.270 e. The maximum Gasteiger partial charge on any atom is 0.286 e. The first kappa shape index (κ1) is 13.7. The van der Waals surface area contributed by atoms with Crippen LogP contribution in [0, 0.1) is 12.3 Å². The molecule has 0 saturated carbocycles. The standard InChI is InChI=1S/C9H20N3OP/c1-7-9-12(8-2)14(13,10(3)4)11(5)6/h1H,8-9H2,2-6H3. The summed E-state index contributed by atoms with van der Waals surface area (Å²) >= 11 is 0. The van der Waals surface area contributed by atoms with Crippen molar-refractivity contribution in [2.45, 2.75) is 6.92 Å². The summed E-state index contributed by atoms with van der Waals surface area (Å²) < 4.78 is 17.9. The molecule has 14 heavy (non-hydrogen) atoms. The monoisotopic (exact) mass is 217 g/mol. The summed E-state index contributed by atoms with van der Waals surface area (Å²) in [7, 11) is 4.59. The highest BCUT2D eigenvalue weighted by atomic mass is 31.2. The molecule has 0 aliphatic rings. The summed E-state index contributed by atoms with van der Waals surface area (Å²) in [5, 5.41) is 0. The van der Waals surface area contributed by atoms with Crippen LogP contribution in [0.2, 0.25) is 0 Å². The van der Waals surface area contributed by atoms with E-state index in [1.807, 2.05) is 11.6 Å². The van der Waals surface area contributed by atoms with E-state index < -0.39 is 7.59 Å². The van der Waals surface area contributed by atoms with E-state index in [1.165, 1.54) is 0 Å². The maximum absolute atomic E-state index is 12.6. The zero-order valence-corrected chi connectivity index (χ0v) is 10.6. The third kappa shape index (κ3) is 2.59. The fourth-order valence-corrected chi connectivity index (χ4v) is 3.72. The van der Waals surface area contributed by atoms with Gasteiger partial charge in [0.15, 0.2) is 0 Å². The Labute approximate surface area is 87.4 Å². The first-order valence-corrected chi connectivity index (χ1v) is 6.12. The molecule has 0 atom stereocenters. The Bertz CT molecular complexity index is 245. The highest BCUT2D eigenvalue weighted by Crippen LogP contribution is 2.52. The molecule has 0 N–H and O–H groups in total. The van der Waals surface area contributed by atoms with Gasteiger partial charge in [-0.15, -0.1) is 6.42 Å². The average molecular weight is 217 g/mol. The van der Waals surface area contributed by atoms with Crippen LogP contribution < -0.4 is 0 Å². The van der Waals surface area contributed by atoms with Crippen LogP contribution in [0.15, 0.2) is 0 Å². The van der Waals surface area contributed by atoms with Crippen LogP contribution in [0.25, 0.3) is 0 Å². The second-order valence-electron chi connectivity index (χ2n) is 3.39. The summed E-state index contributed by atoms with van der Waals surface area (Å²) in [4.78, 5) is 0. The molecular formula is C9H20N3OP. The zero-order chi connectivity index (χ0) is 11.4. The second kappa shape index (κ2) is 5.53. The van der Waals surface area contributed by atoms with Gasteiger partial charge < -0.3 is 0 Å². The highest BCUT2D eigenvalue weighted by Gasteiger charge is 2.34. The van der Waals surface area contributed by atoms with E-state index in [2.05, 4.69) is 5.92 Å². The van der Waals surface area contributed by atoms with Gasteiger partial charge in [0.25, 0.3) is 7.59 Å². The van der Waals surface area contributed by atoms with E-state index in [-0.39, 0.29) is 0 Å². The Morgan fingerprint density at radius 3 is 1.86 bits per heavy atom. The van der Waals surface area contributed by atoms with Crippen LogP contribution in [0.5, 0.6) is 0 Å². The van der Waals surface area contributed by atoms with Gasteiger partial charge in [-0.05, 0) is 28.2 Å². The van der Waals surface area contributed by atoms with Crippen LogP contribution in [-0.4, -0.2) is 55.3 Å². The lowest BCUT2D eigenvalue weighted by atomic mass is 10.6. The van der Waals surface area contributed by atoms with Gasteiger partial charge in [0.2, 0.25) is 0 Å². The summed E-state index contributed by atoms with van der Waals surface area (Å²) in [5.41, 5.74) is 0. The van der Waals surface area contributed by atoms with Crippen molar-refractivity contribution < 1.29 is 4.57 Å². The number of hydrogen-bond acceptors (Lipinski definition) is 1. The first-order valence-electron chi connectivity index (χ1n) is 4.55. The Hall–Kier alpha value is -0.330. The van der Waals surface area contributed by atoms with E-state index in [1.54, 1.807) is 37.5 Å². The van der Waals surface area contributed by atoms with Gasteiger partial charge >= 0.3 is 0 Å².